The van der Waals surface area contributed by atoms with E-state index in [0.717, 1.165) is 11.1 Å². The number of nitrogens with zero attached hydrogens (tertiary/aromatic N) is 2. The van der Waals surface area contributed by atoms with E-state index in [2.05, 4.69) is 4.98 Å². The van der Waals surface area contributed by atoms with E-state index >= 15 is 0 Å². The fourth-order valence-electron chi connectivity index (χ4n) is 3.11. The first kappa shape index (κ1) is 16.3. The third-order valence-electron chi connectivity index (χ3n) is 4.31. The van der Waals surface area contributed by atoms with Crippen LogP contribution in [0.2, 0.25) is 0 Å². The molecule has 3 nitrogen and oxygen atoms in total. The molecule has 0 radical (unpaired) electrons. The zero-order valence-corrected chi connectivity index (χ0v) is 14.1. The highest BCUT2D eigenvalue weighted by atomic mass is 19.1. The van der Waals surface area contributed by atoms with Crippen molar-refractivity contribution >= 4 is 11.0 Å². The second kappa shape index (κ2) is 6.59. The lowest BCUT2D eigenvalue weighted by atomic mass is 10.1. The summed E-state index contributed by atoms with van der Waals surface area (Å²) in [7, 11) is 1.57. The van der Waals surface area contributed by atoms with Gasteiger partial charge in [-0.05, 0) is 42.0 Å². The Morgan fingerprint density at radius 2 is 1.77 bits per heavy atom. The molecule has 0 N–H and O–H groups in total. The van der Waals surface area contributed by atoms with Crippen LogP contribution >= 0.6 is 0 Å². The zero-order chi connectivity index (χ0) is 18.1. The van der Waals surface area contributed by atoms with Crippen LogP contribution in [-0.4, -0.2) is 16.7 Å². The molecule has 5 heteroatoms. The normalized spacial score (nSPS) is 11.0. The van der Waals surface area contributed by atoms with Gasteiger partial charge in [-0.1, -0.05) is 30.3 Å². The highest BCUT2D eigenvalue weighted by Gasteiger charge is 2.18. The minimum Gasteiger partial charge on any atom is -0.494 e. The van der Waals surface area contributed by atoms with Crippen LogP contribution in [0.15, 0.2) is 66.7 Å². The smallest absolute Gasteiger partial charge is 0.146 e. The molecule has 0 aliphatic heterocycles. The van der Waals surface area contributed by atoms with E-state index in [1.54, 1.807) is 31.4 Å². The maximum Gasteiger partial charge on any atom is 0.146 e. The maximum absolute atomic E-state index is 14.4. The number of hydrogen-bond acceptors (Lipinski definition) is 2. The summed E-state index contributed by atoms with van der Waals surface area (Å²) in [6.07, 6.45) is 0. The third kappa shape index (κ3) is 2.81. The van der Waals surface area contributed by atoms with Crippen molar-refractivity contribution in [2.75, 3.05) is 7.11 Å². The number of imidazole rings is 1. The Kier molecular flexibility index (Phi) is 4.13. The Bertz CT molecular complexity index is 1090. The summed E-state index contributed by atoms with van der Waals surface area (Å²) in [5.41, 5.74) is 2.60. The number of fused-ring (bicyclic) bond motifs is 1. The maximum atomic E-state index is 14.4. The van der Waals surface area contributed by atoms with Crippen LogP contribution in [0, 0.1) is 11.6 Å². The van der Waals surface area contributed by atoms with E-state index in [-0.39, 0.29) is 11.6 Å². The van der Waals surface area contributed by atoms with Crippen molar-refractivity contribution in [2.24, 2.45) is 0 Å². The molecule has 1 heterocycles. The van der Waals surface area contributed by atoms with Gasteiger partial charge in [-0.25, -0.2) is 13.8 Å². The highest BCUT2D eigenvalue weighted by Crippen LogP contribution is 2.32. The molecule has 0 saturated carbocycles. The third-order valence-corrected chi connectivity index (χ3v) is 4.31. The fraction of sp³-hybridized carbons (Fsp3) is 0.0952. The second-order valence-electron chi connectivity index (χ2n) is 5.96. The number of ether oxygens (including phenoxy) is 1. The Labute approximate surface area is 149 Å². The molecule has 26 heavy (non-hydrogen) atoms. The molecule has 0 aliphatic carbocycles. The topological polar surface area (TPSA) is 27.1 Å². The molecular formula is C21H16F2N2O. The van der Waals surface area contributed by atoms with Crippen molar-refractivity contribution < 1.29 is 13.5 Å². The molecule has 0 bridgehead atoms. The average molecular weight is 350 g/mol. The van der Waals surface area contributed by atoms with Crippen LogP contribution in [0.25, 0.3) is 22.4 Å². The molecule has 0 atom stereocenters. The number of methoxy groups -OCH3 is 1. The van der Waals surface area contributed by atoms with E-state index in [4.69, 9.17) is 4.74 Å². The molecule has 0 fully saturated rings. The summed E-state index contributed by atoms with van der Waals surface area (Å²) in [5.74, 6) is 0.421. The van der Waals surface area contributed by atoms with E-state index in [9.17, 15) is 8.78 Å². The standard InChI is InChI=1S/C21H16F2N2O/c1-26-19-11-5-10-18-20(19)24-21(16-8-2-3-9-17(16)23)25(18)13-14-6-4-7-15(22)12-14/h2-12H,13H2,1H3. The minimum atomic E-state index is -0.359. The minimum absolute atomic E-state index is 0.308. The largest absolute Gasteiger partial charge is 0.494 e. The molecule has 0 spiro atoms. The first-order chi connectivity index (χ1) is 12.7. The van der Waals surface area contributed by atoms with Gasteiger partial charge in [-0.15, -0.1) is 0 Å². The lowest BCUT2D eigenvalue weighted by molar-refractivity contribution is 0.419. The Balaban J connectivity index is 1.96. The van der Waals surface area contributed by atoms with Gasteiger partial charge < -0.3 is 9.30 Å². The van der Waals surface area contributed by atoms with E-state index in [1.165, 1.54) is 18.2 Å². The molecule has 4 rings (SSSR count). The second-order valence-corrected chi connectivity index (χ2v) is 5.96. The van der Waals surface area contributed by atoms with Crippen molar-refractivity contribution in [1.29, 1.82) is 0 Å². The van der Waals surface area contributed by atoms with Crippen LogP contribution in [-0.2, 0) is 6.54 Å². The summed E-state index contributed by atoms with van der Waals surface area (Å²) in [4.78, 5) is 4.64. The summed E-state index contributed by atoms with van der Waals surface area (Å²) in [6.45, 7) is 0.366. The molecule has 0 saturated heterocycles. The molecule has 130 valence electrons. The molecule has 0 unspecified atom stereocenters. The molecule has 1 aromatic heterocycles. The number of benzene rings is 3. The van der Waals surface area contributed by atoms with Gasteiger partial charge in [0.05, 0.1) is 18.2 Å². The number of aromatic nitrogens is 2. The molecule has 0 aliphatic rings. The molecule has 3 aromatic carbocycles. The van der Waals surface area contributed by atoms with Gasteiger partial charge in [0.15, 0.2) is 0 Å². The van der Waals surface area contributed by atoms with Crippen molar-refractivity contribution in [1.82, 2.24) is 9.55 Å². The SMILES string of the molecule is COc1cccc2c1nc(-c1ccccc1F)n2Cc1cccc(F)c1. The Morgan fingerprint density at radius 1 is 0.962 bits per heavy atom. The Morgan fingerprint density at radius 3 is 2.54 bits per heavy atom. The predicted octanol–water partition coefficient (Wildman–Crippen LogP) is 5.04. The van der Waals surface area contributed by atoms with Crippen LogP contribution in [0.1, 0.15) is 5.56 Å². The van der Waals surface area contributed by atoms with Crippen molar-refractivity contribution in [3.63, 3.8) is 0 Å². The molecule has 4 aromatic rings. The van der Waals surface area contributed by atoms with Gasteiger partial charge in [0, 0.05) is 6.54 Å². The number of halogens is 2. The van der Waals surface area contributed by atoms with Crippen LogP contribution in [0.3, 0.4) is 0 Å². The summed E-state index contributed by atoms with van der Waals surface area (Å²) in [6, 6.07) is 18.4. The fourth-order valence-corrected chi connectivity index (χ4v) is 3.11. The summed E-state index contributed by atoms with van der Waals surface area (Å²) < 4.78 is 35.3. The lowest BCUT2D eigenvalue weighted by Gasteiger charge is -2.10. The average Bonchev–Trinajstić information content (AvgIpc) is 3.00. The quantitative estimate of drug-likeness (QED) is 0.516. The molecule has 0 amide bonds. The van der Waals surface area contributed by atoms with E-state index in [1.807, 2.05) is 28.8 Å². The number of rotatable bonds is 4. The first-order valence-corrected chi connectivity index (χ1v) is 8.20. The van der Waals surface area contributed by atoms with Gasteiger partial charge in [0.25, 0.3) is 0 Å². The van der Waals surface area contributed by atoms with Gasteiger partial charge >= 0.3 is 0 Å². The highest BCUT2D eigenvalue weighted by molar-refractivity contribution is 5.86. The zero-order valence-electron chi connectivity index (χ0n) is 14.1. The van der Waals surface area contributed by atoms with Crippen molar-refractivity contribution in [2.45, 2.75) is 6.54 Å². The van der Waals surface area contributed by atoms with Gasteiger partial charge in [-0.3, -0.25) is 0 Å². The molecular weight excluding hydrogens is 334 g/mol. The van der Waals surface area contributed by atoms with E-state index in [0.29, 0.717) is 29.2 Å². The predicted molar refractivity (Wildman–Crippen MR) is 97.2 cm³/mol. The summed E-state index contributed by atoms with van der Waals surface area (Å²) in [5, 5.41) is 0. The Hall–Kier alpha value is -3.21. The summed E-state index contributed by atoms with van der Waals surface area (Å²) >= 11 is 0. The monoisotopic (exact) mass is 350 g/mol. The number of para-hydroxylation sites is 1. The van der Waals surface area contributed by atoms with Crippen LogP contribution < -0.4 is 4.74 Å². The van der Waals surface area contributed by atoms with Gasteiger partial charge in [0.1, 0.15) is 28.7 Å². The van der Waals surface area contributed by atoms with Crippen molar-refractivity contribution in [3.8, 4) is 17.1 Å². The van der Waals surface area contributed by atoms with E-state index < -0.39 is 0 Å². The lowest BCUT2D eigenvalue weighted by Crippen LogP contribution is -2.03. The first-order valence-electron chi connectivity index (χ1n) is 8.20. The van der Waals surface area contributed by atoms with Gasteiger partial charge in [-0.2, -0.15) is 0 Å². The number of hydrogen-bond donors (Lipinski definition) is 0. The van der Waals surface area contributed by atoms with Crippen LogP contribution in [0.4, 0.5) is 8.78 Å². The van der Waals surface area contributed by atoms with Crippen molar-refractivity contribution in [3.05, 3.63) is 83.9 Å². The van der Waals surface area contributed by atoms with Gasteiger partial charge in [0.2, 0.25) is 0 Å². The van der Waals surface area contributed by atoms with Crippen LogP contribution in [0.5, 0.6) is 5.75 Å².